The maximum Gasteiger partial charge on any atom is 0.417 e. The molecule has 0 saturated heterocycles. The first-order chi connectivity index (χ1) is 12.4. The summed E-state index contributed by atoms with van der Waals surface area (Å²) in [4.78, 5) is 15.4. The van der Waals surface area contributed by atoms with E-state index in [1.54, 1.807) is 4.72 Å². The Kier molecular flexibility index (Phi) is 5.64. The first-order valence-corrected chi connectivity index (χ1v) is 9.31. The van der Waals surface area contributed by atoms with Crippen molar-refractivity contribution in [2.45, 2.75) is 19.2 Å². The molecule has 0 spiro atoms. The number of carbonyl (C=O) groups excluding carboxylic acids is 1. The van der Waals surface area contributed by atoms with E-state index in [2.05, 4.69) is 4.98 Å². The lowest BCUT2D eigenvalue weighted by Gasteiger charge is -2.15. The number of ether oxygens (including phenoxy) is 1. The number of amides is 1. The quantitative estimate of drug-likeness (QED) is 0.792. The SMILES string of the molecule is CC(Oc1ccc(-c2ccc(C(F)(F)F)cn2)cc1O)C(=O)NS(C)(=O)=O. The van der Waals surface area contributed by atoms with Crippen LogP contribution in [0.15, 0.2) is 36.5 Å². The summed E-state index contributed by atoms with van der Waals surface area (Å²) in [6.07, 6.45) is -4.25. The summed E-state index contributed by atoms with van der Waals surface area (Å²) in [5.74, 6) is -1.43. The molecule has 7 nitrogen and oxygen atoms in total. The van der Waals surface area contributed by atoms with E-state index < -0.39 is 39.5 Å². The number of hydrogen-bond acceptors (Lipinski definition) is 6. The molecule has 0 aliphatic rings. The normalized spacial score (nSPS) is 13.1. The third-order valence-corrected chi connectivity index (χ3v) is 3.88. The highest BCUT2D eigenvalue weighted by atomic mass is 32.2. The molecule has 1 heterocycles. The second-order valence-corrected chi connectivity index (χ2v) is 7.36. The van der Waals surface area contributed by atoms with Crippen LogP contribution >= 0.6 is 0 Å². The van der Waals surface area contributed by atoms with Crippen molar-refractivity contribution in [3.05, 3.63) is 42.1 Å². The lowest BCUT2D eigenvalue weighted by atomic mass is 10.1. The van der Waals surface area contributed by atoms with E-state index in [4.69, 9.17) is 4.74 Å². The van der Waals surface area contributed by atoms with E-state index in [1.165, 1.54) is 25.1 Å². The molecule has 1 amide bonds. The molecule has 1 aromatic carbocycles. The second-order valence-electron chi connectivity index (χ2n) is 5.61. The lowest BCUT2D eigenvalue weighted by Crippen LogP contribution is -2.39. The monoisotopic (exact) mass is 404 g/mol. The van der Waals surface area contributed by atoms with Crippen molar-refractivity contribution in [3.8, 4) is 22.8 Å². The third kappa shape index (κ3) is 5.58. The Morgan fingerprint density at radius 1 is 1.26 bits per heavy atom. The summed E-state index contributed by atoms with van der Waals surface area (Å²) in [6.45, 7) is 1.28. The van der Waals surface area contributed by atoms with Crippen LogP contribution in [0.3, 0.4) is 0 Å². The number of sulfonamides is 1. The van der Waals surface area contributed by atoms with Crippen molar-refractivity contribution in [1.29, 1.82) is 0 Å². The molecule has 1 aromatic heterocycles. The van der Waals surface area contributed by atoms with E-state index in [9.17, 15) is 31.5 Å². The van der Waals surface area contributed by atoms with E-state index in [-0.39, 0.29) is 11.4 Å². The number of phenolic OH excluding ortho intramolecular Hbond substituents is 1. The van der Waals surface area contributed by atoms with Gasteiger partial charge in [-0.1, -0.05) is 0 Å². The zero-order valence-corrected chi connectivity index (χ0v) is 14.9. The van der Waals surface area contributed by atoms with Crippen LogP contribution in [0.25, 0.3) is 11.3 Å². The molecule has 0 aliphatic heterocycles. The Morgan fingerprint density at radius 2 is 1.93 bits per heavy atom. The van der Waals surface area contributed by atoms with Crippen LogP contribution in [0.4, 0.5) is 13.2 Å². The summed E-state index contributed by atoms with van der Waals surface area (Å²) in [6, 6.07) is 5.92. The van der Waals surface area contributed by atoms with Gasteiger partial charge in [0.15, 0.2) is 17.6 Å². The first-order valence-electron chi connectivity index (χ1n) is 7.42. The van der Waals surface area contributed by atoms with Gasteiger partial charge in [-0.25, -0.2) is 8.42 Å². The molecular formula is C16H15F3N2O5S. The lowest BCUT2D eigenvalue weighted by molar-refractivity contribution is -0.137. The Bertz CT molecular complexity index is 944. The third-order valence-electron chi connectivity index (χ3n) is 3.30. The zero-order valence-electron chi connectivity index (χ0n) is 14.1. The number of hydrogen-bond donors (Lipinski definition) is 2. The Labute approximate surface area is 152 Å². The number of pyridine rings is 1. The number of carbonyl (C=O) groups is 1. The first kappa shape index (κ1) is 20.5. The minimum Gasteiger partial charge on any atom is -0.504 e. The summed E-state index contributed by atoms with van der Waals surface area (Å²) in [5.41, 5.74) is -0.393. The van der Waals surface area contributed by atoms with Gasteiger partial charge in [0, 0.05) is 11.8 Å². The zero-order chi connectivity index (χ0) is 20.4. The second kappa shape index (κ2) is 7.43. The van der Waals surface area contributed by atoms with Gasteiger partial charge >= 0.3 is 6.18 Å². The van der Waals surface area contributed by atoms with Crippen molar-refractivity contribution in [3.63, 3.8) is 0 Å². The standard InChI is InChI=1S/C16H15F3N2O5S/c1-9(15(23)21-27(2,24)25)26-14-6-3-10(7-13(14)22)12-5-4-11(8-20-12)16(17,18)19/h3-9,22H,1-2H3,(H,21,23). The molecule has 2 rings (SSSR count). The smallest absolute Gasteiger partial charge is 0.417 e. The average molecular weight is 404 g/mol. The van der Waals surface area contributed by atoms with Crippen LogP contribution in [0.2, 0.25) is 0 Å². The maximum atomic E-state index is 12.6. The van der Waals surface area contributed by atoms with Crippen molar-refractivity contribution in [2.24, 2.45) is 0 Å². The molecule has 0 saturated carbocycles. The molecule has 0 bridgehead atoms. The topological polar surface area (TPSA) is 106 Å². The predicted octanol–water partition coefficient (Wildman–Crippen LogP) is 2.32. The molecule has 1 atom stereocenters. The van der Waals surface area contributed by atoms with Gasteiger partial charge in [-0.15, -0.1) is 0 Å². The number of aromatic hydroxyl groups is 1. The molecule has 27 heavy (non-hydrogen) atoms. The van der Waals surface area contributed by atoms with Gasteiger partial charge < -0.3 is 9.84 Å². The minimum absolute atomic E-state index is 0.109. The van der Waals surface area contributed by atoms with Gasteiger partial charge in [0.2, 0.25) is 10.0 Å². The van der Waals surface area contributed by atoms with Gasteiger partial charge in [-0.05, 0) is 37.3 Å². The average Bonchev–Trinajstić information content (AvgIpc) is 2.54. The highest BCUT2D eigenvalue weighted by Gasteiger charge is 2.30. The van der Waals surface area contributed by atoms with Crippen LogP contribution in [0.5, 0.6) is 11.5 Å². The number of alkyl halides is 3. The summed E-state index contributed by atoms with van der Waals surface area (Å²) >= 11 is 0. The molecule has 0 radical (unpaired) electrons. The summed E-state index contributed by atoms with van der Waals surface area (Å²) < 4.78 is 66.7. The minimum atomic E-state index is -4.51. The van der Waals surface area contributed by atoms with Gasteiger partial charge in [0.05, 0.1) is 17.5 Å². The number of phenols is 1. The van der Waals surface area contributed by atoms with Gasteiger partial charge in [-0.2, -0.15) is 13.2 Å². The number of nitrogens with zero attached hydrogens (tertiary/aromatic N) is 1. The fourth-order valence-electron chi connectivity index (χ4n) is 2.02. The van der Waals surface area contributed by atoms with Crippen molar-refractivity contribution >= 4 is 15.9 Å². The number of benzene rings is 1. The molecule has 11 heteroatoms. The largest absolute Gasteiger partial charge is 0.504 e. The van der Waals surface area contributed by atoms with Gasteiger partial charge in [-0.3, -0.25) is 14.5 Å². The van der Waals surface area contributed by atoms with E-state index in [1.807, 2.05) is 0 Å². The van der Waals surface area contributed by atoms with Crippen LogP contribution in [-0.4, -0.2) is 36.8 Å². The highest BCUT2D eigenvalue weighted by Crippen LogP contribution is 2.33. The molecule has 0 aliphatic carbocycles. The van der Waals surface area contributed by atoms with Gasteiger partial charge in [0.25, 0.3) is 5.91 Å². The summed E-state index contributed by atoms with van der Waals surface area (Å²) in [7, 11) is -3.76. The molecule has 2 N–H and O–H groups in total. The molecule has 2 aromatic rings. The highest BCUT2D eigenvalue weighted by molar-refractivity contribution is 7.89. The maximum absolute atomic E-state index is 12.6. The van der Waals surface area contributed by atoms with Crippen LogP contribution in [-0.2, 0) is 21.0 Å². The van der Waals surface area contributed by atoms with Crippen molar-refractivity contribution in [2.75, 3.05) is 6.26 Å². The number of halogens is 3. The van der Waals surface area contributed by atoms with E-state index in [0.717, 1.165) is 18.4 Å². The van der Waals surface area contributed by atoms with Crippen LogP contribution in [0, 0.1) is 0 Å². The fraction of sp³-hybridized carbons (Fsp3) is 0.250. The number of rotatable bonds is 5. The van der Waals surface area contributed by atoms with Crippen molar-refractivity contribution in [1.82, 2.24) is 9.71 Å². The molecule has 146 valence electrons. The molecule has 0 fully saturated rings. The molecule has 1 unspecified atom stereocenters. The Morgan fingerprint density at radius 3 is 2.41 bits per heavy atom. The summed E-state index contributed by atoms with van der Waals surface area (Å²) in [5, 5.41) is 10.0. The fourth-order valence-corrected chi connectivity index (χ4v) is 2.55. The van der Waals surface area contributed by atoms with Crippen LogP contribution in [0.1, 0.15) is 12.5 Å². The van der Waals surface area contributed by atoms with Gasteiger partial charge in [0.1, 0.15) is 0 Å². The van der Waals surface area contributed by atoms with Crippen LogP contribution < -0.4 is 9.46 Å². The van der Waals surface area contributed by atoms with Crippen molar-refractivity contribution < 1.29 is 36.2 Å². The van der Waals surface area contributed by atoms with E-state index in [0.29, 0.717) is 11.8 Å². The Hall–Kier alpha value is -2.82. The Balaban J connectivity index is 2.17. The van der Waals surface area contributed by atoms with E-state index >= 15 is 0 Å². The molecular weight excluding hydrogens is 389 g/mol. The predicted molar refractivity (Wildman–Crippen MR) is 89.4 cm³/mol. The number of nitrogens with one attached hydrogen (secondary N) is 1. The number of aromatic nitrogens is 1.